The average Bonchev–Trinajstić information content (AvgIpc) is 3.09. The Morgan fingerprint density at radius 3 is 2.26 bits per heavy atom. The molecule has 0 aromatic heterocycles. The summed E-state index contributed by atoms with van der Waals surface area (Å²) in [5, 5.41) is 5.47. The normalized spacial score (nSPS) is 14.6. The maximum absolute atomic E-state index is 13.0. The van der Waals surface area contributed by atoms with E-state index in [1.807, 2.05) is 0 Å². The molecule has 10 heteroatoms. The Bertz CT molecular complexity index is 1200. The quantitative estimate of drug-likeness (QED) is 0.257. The predicted molar refractivity (Wildman–Crippen MR) is 130 cm³/mol. The van der Waals surface area contributed by atoms with Gasteiger partial charge in [0.15, 0.2) is 22.4 Å². The number of carbonyl (C=O) groups excluding carboxylic acids is 3. The highest BCUT2D eigenvalue weighted by molar-refractivity contribution is 7.80. The summed E-state index contributed by atoms with van der Waals surface area (Å²) in [5.74, 6) is -0.0615. The van der Waals surface area contributed by atoms with Crippen LogP contribution in [0.5, 0.6) is 17.2 Å². The van der Waals surface area contributed by atoms with Crippen molar-refractivity contribution in [3.63, 3.8) is 0 Å². The second-order valence-corrected chi connectivity index (χ2v) is 7.45. The van der Waals surface area contributed by atoms with Crippen molar-refractivity contribution in [1.82, 2.24) is 10.2 Å². The first-order chi connectivity index (χ1) is 16.3. The molecule has 2 amide bonds. The standard InChI is InChI=1S/C24H23N3O6S/c1-14(28)18(22(29)25-16-6-8-17(31-2)9-7-16)13-27-23(30)19(26-24(27)34)11-15-5-10-20(32-3)21(12-15)33-4/h5-13H,1-4H3,(H,25,29)(H,26,34). The van der Waals surface area contributed by atoms with Gasteiger partial charge in [-0.1, -0.05) is 6.07 Å². The monoisotopic (exact) mass is 481 g/mol. The van der Waals surface area contributed by atoms with Crippen molar-refractivity contribution in [2.45, 2.75) is 6.92 Å². The van der Waals surface area contributed by atoms with E-state index in [2.05, 4.69) is 10.6 Å². The topological polar surface area (TPSA) is 106 Å². The first-order valence-corrected chi connectivity index (χ1v) is 10.4. The van der Waals surface area contributed by atoms with E-state index in [0.29, 0.717) is 28.5 Å². The van der Waals surface area contributed by atoms with Crippen LogP contribution in [0, 0.1) is 0 Å². The molecule has 9 nitrogen and oxygen atoms in total. The fourth-order valence-corrected chi connectivity index (χ4v) is 3.33. The Hall–Kier alpha value is -4.18. The highest BCUT2D eigenvalue weighted by atomic mass is 32.1. The van der Waals surface area contributed by atoms with E-state index >= 15 is 0 Å². The molecule has 1 fully saturated rings. The van der Waals surface area contributed by atoms with Gasteiger partial charge in [-0.3, -0.25) is 19.3 Å². The fourth-order valence-electron chi connectivity index (χ4n) is 3.09. The van der Waals surface area contributed by atoms with Gasteiger partial charge in [-0.25, -0.2) is 0 Å². The molecule has 0 bridgehead atoms. The Labute approximate surface area is 202 Å². The van der Waals surface area contributed by atoms with Crippen molar-refractivity contribution in [2.75, 3.05) is 26.6 Å². The number of thiocarbonyl (C=S) groups is 1. The third-order valence-electron chi connectivity index (χ3n) is 4.86. The summed E-state index contributed by atoms with van der Waals surface area (Å²) in [6, 6.07) is 11.7. The summed E-state index contributed by atoms with van der Waals surface area (Å²) in [6.45, 7) is 1.23. The maximum Gasteiger partial charge on any atom is 0.280 e. The van der Waals surface area contributed by atoms with Crippen molar-refractivity contribution < 1.29 is 28.6 Å². The van der Waals surface area contributed by atoms with Crippen LogP contribution in [0.3, 0.4) is 0 Å². The van der Waals surface area contributed by atoms with E-state index in [0.717, 1.165) is 11.1 Å². The summed E-state index contributed by atoms with van der Waals surface area (Å²) in [5.41, 5.74) is 1.05. The second kappa shape index (κ2) is 10.6. The van der Waals surface area contributed by atoms with Crippen LogP contribution in [0.4, 0.5) is 5.69 Å². The number of amides is 2. The molecule has 2 aromatic carbocycles. The molecule has 0 unspecified atom stereocenters. The minimum absolute atomic E-state index is 0.0349. The molecular weight excluding hydrogens is 458 g/mol. The summed E-state index contributed by atoms with van der Waals surface area (Å²) in [6.07, 6.45) is 2.71. The van der Waals surface area contributed by atoms with Crippen molar-refractivity contribution in [3.05, 3.63) is 65.5 Å². The van der Waals surface area contributed by atoms with Crippen LogP contribution >= 0.6 is 12.2 Å². The minimum Gasteiger partial charge on any atom is -0.497 e. The molecule has 0 saturated carbocycles. The maximum atomic E-state index is 13.0. The SMILES string of the molecule is COc1ccc(NC(=O)C(=CN2C(=O)C(=Cc3ccc(OC)c(OC)c3)NC2=S)C(C)=O)cc1. The molecule has 0 atom stereocenters. The van der Waals surface area contributed by atoms with Gasteiger partial charge in [-0.15, -0.1) is 0 Å². The number of nitrogens with zero attached hydrogens (tertiary/aromatic N) is 1. The Morgan fingerprint density at radius 2 is 1.68 bits per heavy atom. The molecule has 1 aliphatic rings. The fraction of sp³-hybridized carbons (Fsp3) is 0.167. The number of nitrogens with one attached hydrogen (secondary N) is 2. The molecule has 176 valence electrons. The van der Waals surface area contributed by atoms with Crippen LogP contribution in [0.15, 0.2) is 59.9 Å². The number of ether oxygens (including phenoxy) is 3. The van der Waals surface area contributed by atoms with Crippen molar-refractivity contribution in [2.24, 2.45) is 0 Å². The Kier molecular flexibility index (Phi) is 7.64. The van der Waals surface area contributed by atoms with Gasteiger partial charge in [-0.2, -0.15) is 0 Å². The number of ketones is 1. The lowest BCUT2D eigenvalue weighted by atomic mass is 10.1. The highest BCUT2D eigenvalue weighted by Gasteiger charge is 2.31. The van der Waals surface area contributed by atoms with Crippen molar-refractivity contribution >= 4 is 46.7 Å². The summed E-state index contributed by atoms with van der Waals surface area (Å²) < 4.78 is 15.6. The Morgan fingerprint density at radius 1 is 1.00 bits per heavy atom. The van der Waals surface area contributed by atoms with E-state index in [1.54, 1.807) is 48.5 Å². The van der Waals surface area contributed by atoms with Crippen LogP contribution in [0.25, 0.3) is 6.08 Å². The number of carbonyl (C=O) groups is 3. The van der Waals surface area contributed by atoms with Gasteiger partial charge in [0.05, 0.1) is 26.9 Å². The van der Waals surface area contributed by atoms with Crippen LogP contribution < -0.4 is 24.8 Å². The molecular formula is C24H23N3O6S. The van der Waals surface area contributed by atoms with Crippen LogP contribution in [0.2, 0.25) is 0 Å². The van der Waals surface area contributed by atoms with Gasteiger partial charge < -0.3 is 24.8 Å². The van der Waals surface area contributed by atoms with Crippen LogP contribution in [-0.2, 0) is 14.4 Å². The third kappa shape index (κ3) is 5.41. The molecule has 1 aliphatic heterocycles. The first-order valence-electron chi connectivity index (χ1n) is 10.0. The van der Waals surface area contributed by atoms with Crippen molar-refractivity contribution in [3.8, 4) is 17.2 Å². The number of hydrogen-bond donors (Lipinski definition) is 2. The summed E-state index contributed by atoms with van der Waals surface area (Å²) in [7, 11) is 4.57. The van der Waals surface area contributed by atoms with E-state index < -0.39 is 17.6 Å². The molecule has 1 saturated heterocycles. The van der Waals surface area contributed by atoms with Gasteiger partial charge in [-0.05, 0) is 67.2 Å². The zero-order valence-corrected chi connectivity index (χ0v) is 19.8. The van der Waals surface area contributed by atoms with Crippen molar-refractivity contribution in [1.29, 1.82) is 0 Å². The number of hydrogen-bond acceptors (Lipinski definition) is 7. The van der Waals surface area contributed by atoms with Crippen LogP contribution in [-0.4, -0.2) is 48.9 Å². The zero-order valence-electron chi connectivity index (χ0n) is 19.0. The first kappa shape index (κ1) is 24.5. The molecule has 34 heavy (non-hydrogen) atoms. The predicted octanol–water partition coefficient (Wildman–Crippen LogP) is 2.88. The largest absolute Gasteiger partial charge is 0.497 e. The lowest BCUT2D eigenvalue weighted by Crippen LogP contribution is -2.29. The van der Waals surface area contributed by atoms with Gasteiger partial charge in [0, 0.05) is 11.9 Å². The number of Topliss-reactive ketones (excluding diaryl/α,β-unsaturated/α-hetero) is 1. The smallest absolute Gasteiger partial charge is 0.280 e. The molecule has 3 rings (SSSR count). The molecule has 0 spiro atoms. The molecule has 2 N–H and O–H groups in total. The number of anilines is 1. The van der Waals surface area contributed by atoms with Gasteiger partial charge in [0.25, 0.3) is 11.8 Å². The molecule has 1 heterocycles. The number of rotatable bonds is 8. The van der Waals surface area contributed by atoms with Gasteiger partial charge in [0.1, 0.15) is 11.4 Å². The lowest BCUT2D eigenvalue weighted by molar-refractivity contribution is -0.120. The van der Waals surface area contributed by atoms with Gasteiger partial charge in [0.2, 0.25) is 0 Å². The molecule has 0 radical (unpaired) electrons. The lowest BCUT2D eigenvalue weighted by Gasteiger charge is -2.12. The average molecular weight is 482 g/mol. The Balaban J connectivity index is 1.84. The van der Waals surface area contributed by atoms with E-state index in [-0.39, 0.29) is 16.4 Å². The minimum atomic E-state index is -0.675. The number of benzene rings is 2. The summed E-state index contributed by atoms with van der Waals surface area (Å²) >= 11 is 5.25. The van der Waals surface area contributed by atoms with E-state index in [9.17, 15) is 14.4 Å². The molecule has 2 aromatic rings. The van der Waals surface area contributed by atoms with Gasteiger partial charge >= 0.3 is 0 Å². The van der Waals surface area contributed by atoms with Crippen LogP contribution in [0.1, 0.15) is 12.5 Å². The van der Waals surface area contributed by atoms with E-state index in [4.69, 9.17) is 26.4 Å². The highest BCUT2D eigenvalue weighted by Crippen LogP contribution is 2.29. The number of methoxy groups -OCH3 is 3. The second-order valence-electron chi connectivity index (χ2n) is 7.06. The van der Waals surface area contributed by atoms with E-state index in [1.165, 1.54) is 28.3 Å². The molecule has 0 aliphatic carbocycles. The summed E-state index contributed by atoms with van der Waals surface area (Å²) in [4.78, 5) is 38.9. The zero-order chi connectivity index (χ0) is 24.8. The third-order valence-corrected chi connectivity index (χ3v) is 5.16.